The molecule has 0 fully saturated rings. The second-order valence-electron chi connectivity index (χ2n) is 4.86. The lowest BCUT2D eigenvalue weighted by Gasteiger charge is -2.31. The molecule has 0 aromatic heterocycles. The van der Waals surface area contributed by atoms with E-state index >= 15 is 0 Å². The van der Waals surface area contributed by atoms with Crippen LogP contribution in [0.25, 0.3) is 0 Å². The number of benzene rings is 1. The second-order valence-corrected chi connectivity index (χ2v) is 7.71. The first kappa shape index (κ1) is 17.9. The van der Waals surface area contributed by atoms with Gasteiger partial charge in [-0.15, -0.1) is 0 Å². The maximum atomic E-state index is 12.7. The first-order valence-electron chi connectivity index (χ1n) is 6.20. The lowest BCUT2D eigenvalue weighted by Crippen LogP contribution is -2.50. The zero-order chi connectivity index (χ0) is 16.4. The number of halogens is 1. The lowest BCUT2D eigenvalue weighted by atomic mass is 10.1. The van der Waals surface area contributed by atoms with E-state index in [-0.39, 0.29) is 10.6 Å². The highest BCUT2D eigenvalue weighted by Gasteiger charge is 2.41. The molecule has 0 aliphatic heterocycles. The Morgan fingerprint density at radius 3 is 2.48 bits per heavy atom. The van der Waals surface area contributed by atoms with Crippen LogP contribution in [0.5, 0.6) is 5.75 Å². The van der Waals surface area contributed by atoms with Crippen molar-refractivity contribution in [1.29, 1.82) is 0 Å². The van der Waals surface area contributed by atoms with Crippen molar-refractivity contribution in [2.24, 2.45) is 0 Å². The van der Waals surface area contributed by atoms with Gasteiger partial charge in [-0.1, -0.05) is 15.9 Å². The van der Waals surface area contributed by atoms with Gasteiger partial charge in [-0.3, -0.25) is 4.79 Å². The quantitative estimate of drug-likeness (QED) is 0.819. The Morgan fingerprint density at radius 1 is 1.43 bits per heavy atom. The first-order valence-corrected chi connectivity index (χ1v) is 8.43. The van der Waals surface area contributed by atoms with E-state index in [1.165, 1.54) is 33.0 Å². The second kappa shape index (κ2) is 6.33. The summed E-state index contributed by atoms with van der Waals surface area (Å²) in [5.74, 6) is -1.05. The predicted molar refractivity (Wildman–Crippen MR) is 82.0 cm³/mol. The van der Waals surface area contributed by atoms with Crippen LogP contribution < -0.4 is 4.74 Å². The van der Waals surface area contributed by atoms with Gasteiger partial charge < -0.3 is 9.84 Å². The van der Waals surface area contributed by atoms with Crippen LogP contribution in [-0.2, 0) is 14.8 Å². The zero-order valence-corrected chi connectivity index (χ0v) is 14.7. The molecule has 1 aromatic carbocycles. The van der Waals surface area contributed by atoms with Crippen molar-refractivity contribution >= 4 is 31.9 Å². The van der Waals surface area contributed by atoms with Crippen LogP contribution >= 0.6 is 15.9 Å². The maximum Gasteiger partial charge on any atom is 0.324 e. The van der Waals surface area contributed by atoms with Crippen LogP contribution in [0.1, 0.15) is 20.8 Å². The van der Waals surface area contributed by atoms with Crippen LogP contribution in [0.3, 0.4) is 0 Å². The number of carbonyl (C=O) groups is 1. The highest BCUT2D eigenvalue weighted by Crippen LogP contribution is 2.32. The molecule has 1 aromatic rings. The van der Waals surface area contributed by atoms with Gasteiger partial charge in [0.05, 0.1) is 6.61 Å². The largest absolute Gasteiger partial charge is 0.492 e. The molecule has 21 heavy (non-hydrogen) atoms. The Kier molecular flexibility index (Phi) is 5.40. The molecule has 0 aliphatic carbocycles. The number of carboxylic acid groups (broad SMARTS) is 1. The van der Waals surface area contributed by atoms with Gasteiger partial charge in [-0.05, 0) is 39.0 Å². The number of rotatable bonds is 6. The molecule has 0 saturated carbocycles. The molecule has 0 amide bonds. The van der Waals surface area contributed by atoms with Crippen LogP contribution in [0, 0.1) is 0 Å². The van der Waals surface area contributed by atoms with Crippen molar-refractivity contribution in [3.8, 4) is 5.75 Å². The number of carboxylic acids is 1. The molecule has 0 radical (unpaired) electrons. The van der Waals surface area contributed by atoms with Gasteiger partial charge in [0.25, 0.3) is 0 Å². The Morgan fingerprint density at radius 2 is 2.00 bits per heavy atom. The van der Waals surface area contributed by atoms with Crippen LogP contribution in [-0.4, -0.2) is 43.0 Å². The van der Waals surface area contributed by atoms with Crippen molar-refractivity contribution in [2.45, 2.75) is 31.2 Å². The Bertz CT molecular complexity index is 642. The number of aliphatic carboxylic acids is 1. The summed E-state index contributed by atoms with van der Waals surface area (Å²) < 4.78 is 32.1. The minimum absolute atomic E-state index is 0.0736. The van der Waals surface area contributed by atoms with Gasteiger partial charge in [0.1, 0.15) is 16.2 Å². The smallest absolute Gasteiger partial charge is 0.324 e. The fourth-order valence-electron chi connectivity index (χ4n) is 1.54. The number of hydrogen-bond donors (Lipinski definition) is 1. The molecule has 0 atom stereocenters. The normalized spacial score (nSPS) is 12.5. The highest BCUT2D eigenvalue weighted by molar-refractivity contribution is 9.10. The summed E-state index contributed by atoms with van der Waals surface area (Å²) >= 11 is 3.21. The van der Waals surface area contributed by atoms with Gasteiger partial charge in [0, 0.05) is 11.5 Å². The number of likely N-dealkylation sites (N-methyl/N-ethyl adjacent to an activating group) is 1. The van der Waals surface area contributed by atoms with E-state index in [1.807, 2.05) is 0 Å². The van der Waals surface area contributed by atoms with Gasteiger partial charge in [-0.2, -0.15) is 4.31 Å². The standard InChI is InChI=1S/C13H18BrNO5S/c1-5-20-10-7-6-9(14)8-11(10)21(18,19)15(4)13(2,3)12(16)17/h6-8H,5H2,1-4H3,(H,16,17). The fourth-order valence-corrected chi connectivity index (χ4v) is 3.68. The first-order chi connectivity index (χ1) is 9.55. The molecule has 0 spiro atoms. The van der Waals surface area contributed by atoms with Gasteiger partial charge in [0.2, 0.25) is 10.0 Å². The summed E-state index contributed by atoms with van der Waals surface area (Å²) in [5, 5.41) is 9.20. The van der Waals surface area contributed by atoms with E-state index in [4.69, 9.17) is 4.74 Å². The third kappa shape index (κ3) is 3.56. The summed E-state index contributed by atoms with van der Waals surface area (Å²) in [7, 11) is -2.78. The predicted octanol–water partition coefficient (Wildman–Crippen LogP) is 2.33. The van der Waals surface area contributed by atoms with Crippen LogP contribution in [0.4, 0.5) is 0 Å². The molecule has 0 unspecified atom stereocenters. The fraction of sp³-hybridized carbons (Fsp3) is 0.462. The van der Waals surface area contributed by atoms with Crippen molar-refractivity contribution in [2.75, 3.05) is 13.7 Å². The third-order valence-electron chi connectivity index (χ3n) is 3.15. The van der Waals surface area contributed by atoms with Crippen LogP contribution in [0.2, 0.25) is 0 Å². The van der Waals surface area contributed by atoms with Gasteiger partial charge >= 0.3 is 5.97 Å². The van der Waals surface area contributed by atoms with E-state index in [9.17, 15) is 18.3 Å². The van der Waals surface area contributed by atoms with E-state index < -0.39 is 21.5 Å². The molecular formula is C13H18BrNO5S. The minimum Gasteiger partial charge on any atom is -0.492 e. The van der Waals surface area contributed by atoms with Crippen molar-refractivity contribution in [1.82, 2.24) is 4.31 Å². The Labute approximate surface area is 132 Å². The van der Waals surface area contributed by atoms with E-state index in [0.29, 0.717) is 11.1 Å². The number of hydrogen-bond acceptors (Lipinski definition) is 4. The van der Waals surface area contributed by atoms with Crippen LogP contribution in [0.15, 0.2) is 27.6 Å². The molecule has 8 heteroatoms. The number of nitrogens with zero attached hydrogens (tertiary/aromatic N) is 1. The average molecular weight is 380 g/mol. The molecular weight excluding hydrogens is 362 g/mol. The number of ether oxygens (including phenoxy) is 1. The van der Waals surface area contributed by atoms with Gasteiger partial charge in [-0.25, -0.2) is 8.42 Å². The SMILES string of the molecule is CCOc1ccc(Br)cc1S(=O)(=O)N(C)C(C)(C)C(=O)O. The summed E-state index contributed by atoms with van der Waals surface area (Å²) in [6, 6.07) is 4.59. The van der Waals surface area contributed by atoms with E-state index in [1.54, 1.807) is 13.0 Å². The summed E-state index contributed by atoms with van der Waals surface area (Å²) in [6.07, 6.45) is 0. The minimum atomic E-state index is -4.02. The van der Waals surface area contributed by atoms with Crippen molar-refractivity contribution < 1.29 is 23.1 Å². The topological polar surface area (TPSA) is 83.9 Å². The van der Waals surface area contributed by atoms with E-state index in [0.717, 1.165) is 4.31 Å². The van der Waals surface area contributed by atoms with E-state index in [2.05, 4.69) is 15.9 Å². The summed E-state index contributed by atoms with van der Waals surface area (Å²) in [5.41, 5.74) is -1.58. The molecule has 6 nitrogen and oxygen atoms in total. The van der Waals surface area contributed by atoms with Crippen molar-refractivity contribution in [3.63, 3.8) is 0 Å². The highest BCUT2D eigenvalue weighted by atomic mass is 79.9. The zero-order valence-electron chi connectivity index (χ0n) is 12.3. The molecule has 1 N–H and O–H groups in total. The molecule has 118 valence electrons. The Hall–Kier alpha value is -1.12. The molecule has 0 aliphatic rings. The van der Waals surface area contributed by atoms with Gasteiger partial charge in [0.15, 0.2) is 0 Å². The maximum absolute atomic E-state index is 12.7. The summed E-state index contributed by atoms with van der Waals surface area (Å²) in [4.78, 5) is 11.2. The lowest BCUT2D eigenvalue weighted by molar-refractivity contribution is -0.145. The number of sulfonamides is 1. The molecule has 0 saturated heterocycles. The monoisotopic (exact) mass is 379 g/mol. The molecule has 1 rings (SSSR count). The Balaban J connectivity index is 3.44. The third-order valence-corrected chi connectivity index (χ3v) is 5.70. The summed E-state index contributed by atoms with van der Waals surface area (Å²) in [6.45, 7) is 4.69. The molecule has 0 bridgehead atoms. The molecule has 0 heterocycles. The van der Waals surface area contributed by atoms with Crippen molar-refractivity contribution in [3.05, 3.63) is 22.7 Å². The average Bonchev–Trinajstić information content (AvgIpc) is 2.39.